The number of amides is 1. The van der Waals surface area contributed by atoms with Crippen LogP contribution in [0.25, 0.3) is 0 Å². The molecule has 1 aromatic rings. The number of anilines is 1. The van der Waals surface area contributed by atoms with Gasteiger partial charge >= 0.3 is 0 Å². The van der Waals surface area contributed by atoms with Crippen molar-refractivity contribution in [2.45, 2.75) is 19.3 Å². The van der Waals surface area contributed by atoms with Gasteiger partial charge in [0, 0.05) is 19.3 Å². The molecular formula is C13H17NO2. The van der Waals surface area contributed by atoms with Gasteiger partial charge in [-0.25, -0.2) is 0 Å². The molecule has 1 amide bonds. The standard InChI is InChI=1S/C13H17NO2/c1-16-10-13(15)14-9-5-4-7-11-6-2-3-8-12(11)14/h2-3,6,8H,4-5,7,9-10H2,1H3. The summed E-state index contributed by atoms with van der Waals surface area (Å²) in [6.07, 6.45) is 3.27. The van der Waals surface area contributed by atoms with Gasteiger partial charge in [0.2, 0.25) is 0 Å². The highest BCUT2D eigenvalue weighted by Crippen LogP contribution is 2.25. The number of para-hydroxylation sites is 1. The van der Waals surface area contributed by atoms with Crippen LogP contribution in [0.2, 0.25) is 0 Å². The van der Waals surface area contributed by atoms with Crippen molar-refractivity contribution in [3.63, 3.8) is 0 Å². The fourth-order valence-electron chi connectivity index (χ4n) is 2.15. The third-order valence-corrected chi connectivity index (χ3v) is 2.93. The molecule has 0 aromatic heterocycles. The van der Waals surface area contributed by atoms with Crippen LogP contribution in [0.15, 0.2) is 24.3 Å². The second-order valence-corrected chi connectivity index (χ2v) is 4.06. The molecule has 1 heterocycles. The Kier molecular flexibility index (Phi) is 3.57. The lowest BCUT2D eigenvalue weighted by Gasteiger charge is -2.22. The van der Waals surface area contributed by atoms with Crippen LogP contribution < -0.4 is 4.90 Å². The lowest BCUT2D eigenvalue weighted by Crippen LogP contribution is -2.34. The zero-order chi connectivity index (χ0) is 11.4. The maximum absolute atomic E-state index is 11.9. The third-order valence-electron chi connectivity index (χ3n) is 2.93. The van der Waals surface area contributed by atoms with E-state index >= 15 is 0 Å². The van der Waals surface area contributed by atoms with Gasteiger partial charge in [-0.3, -0.25) is 4.79 Å². The third kappa shape index (κ3) is 2.25. The minimum atomic E-state index is 0.0526. The summed E-state index contributed by atoms with van der Waals surface area (Å²) in [6.45, 7) is 0.966. The number of ether oxygens (including phenoxy) is 1. The lowest BCUT2D eigenvalue weighted by atomic mass is 10.1. The van der Waals surface area contributed by atoms with Crippen molar-refractivity contribution in [2.24, 2.45) is 0 Å². The highest BCUT2D eigenvalue weighted by Gasteiger charge is 2.20. The molecular weight excluding hydrogens is 202 g/mol. The molecule has 0 fully saturated rings. The van der Waals surface area contributed by atoms with E-state index in [9.17, 15) is 4.79 Å². The Morgan fingerprint density at radius 2 is 2.19 bits per heavy atom. The van der Waals surface area contributed by atoms with Crippen molar-refractivity contribution in [3.05, 3.63) is 29.8 Å². The highest BCUT2D eigenvalue weighted by molar-refractivity contribution is 5.95. The maximum Gasteiger partial charge on any atom is 0.252 e. The number of hydrogen-bond acceptors (Lipinski definition) is 2. The fraction of sp³-hybridized carbons (Fsp3) is 0.462. The molecule has 1 aliphatic rings. The first kappa shape index (κ1) is 11.1. The van der Waals surface area contributed by atoms with Crippen LogP contribution in [0.3, 0.4) is 0 Å². The van der Waals surface area contributed by atoms with Crippen LogP contribution in [-0.4, -0.2) is 26.2 Å². The number of aryl methyl sites for hydroxylation is 1. The quantitative estimate of drug-likeness (QED) is 0.761. The molecule has 0 bridgehead atoms. The van der Waals surface area contributed by atoms with Crippen LogP contribution in [0.5, 0.6) is 0 Å². The Morgan fingerprint density at radius 1 is 1.38 bits per heavy atom. The van der Waals surface area contributed by atoms with Crippen molar-refractivity contribution in [1.29, 1.82) is 0 Å². The molecule has 0 saturated carbocycles. The van der Waals surface area contributed by atoms with Crippen LogP contribution in [0, 0.1) is 0 Å². The molecule has 1 aromatic carbocycles. The Labute approximate surface area is 96.0 Å². The summed E-state index contributed by atoms with van der Waals surface area (Å²) in [5.41, 5.74) is 2.33. The van der Waals surface area contributed by atoms with E-state index < -0.39 is 0 Å². The lowest BCUT2D eigenvalue weighted by molar-refractivity contribution is -0.122. The van der Waals surface area contributed by atoms with Gasteiger partial charge < -0.3 is 9.64 Å². The largest absolute Gasteiger partial charge is 0.375 e. The Bertz CT molecular complexity index is 376. The van der Waals surface area contributed by atoms with Crippen molar-refractivity contribution in [1.82, 2.24) is 0 Å². The number of nitrogens with zero attached hydrogens (tertiary/aromatic N) is 1. The summed E-state index contributed by atoms with van der Waals surface area (Å²) in [5.74, 6) is 0.0526. The summed E-state index contributed by atoms with van der Waals surface area (Å²) in [5, 5.41) is 0. The van der Waals surface area contributed by atoms with E-state index in [0.717, 1.165) is 31.5 Å². The van der Waals surface area contributed by atoms with E-state index in [2.05, 4.69) is 6.07 Å². The number of carbonyl (C=O) groups is 1. The normalized spacial score (nSPS) is 15.4. The van der Waals surface area contributed by atoms with Crippen molar-refractivity contribution >= 4 is 11.6 Å². The molecule has 16 heavy (non-hydrogen) atoms. The zero-order valence-electron chi connectivity index (χ0n) is 9.61. The van der Waals surface area contributed by atoms with Crippen LogP contribution >= 0.6 is 0 Å². The predicted molar refractivity (Wildman–Crippen MR) is 63.6 cm³/mol. The minimum absolute atomic E-state index is 0.0526. The topological polar surface area (TPSA) is 29.5 Å². The molecule has 3 nitrogen and oxygen atoms in total. The SMILES string of the molecule is COCC(=O)N1CCCCc2ccccc21. The number of benzene rings is 1. The molecule has 0 radical (unpaired) electrons. The summed E-state index contributed by atoms with van der Waals surface area (Å²) < 4.78 is 4.92. The summed E-state index contributed by atoms with van der Waals surface area (Å²) in [7, 11) is 1.56. The van der Waals surface area contributed by atoms with Crippen LogP contribution in [0.1, 0.15) is 18.4 Å². The van der Waals surface area contributed by atoms with E-state index in [4.69, 9.17) is 4.74 Å². The van der Waals surface area contributed by atoms with Gasteiger partial charge in [-0.1, -0.05) is 18.2 Å². The second-order valence-electron chi connectivity index (χ2n) is 4.06. The van der Waals surface area contributed by atoms with Gasteiger partial charge in [0.25, 0.3) is 5.91 Å². The highest BCUT2D eigenvalue weighted by atomic mass is 16.5. The fourth-order valence-corrected chi connectivity index (χ4v) is 2.15. The first-order valence-electron chi connectivity index (χ1n) is 5.70. The summed E-state index contributed by atoms with van der Waals surface area (Å²) in [6, 6.07) is 8.14. The van der Waals surface area contributed by atoms with Crippen molar-refractivity contribution in [2.75, 3.05) is 25.2 Å². The minimum Gasteiger partial charge on any atom is -0.375 e. The molecule has 86 valence electrons. The zero-order valence-corrected chi connectivity index (χ0v) is 9.61. The van der Waals surface area contributed by atoms with Crippen LogP contribution in [-0.2, 0) is 16.0 Å². The Hall–Kier alpha value is -1.35. The number of rotatable bonds is 2. The number of carbonyl (C=O) groups excluding carboxylic acids is 1. The number of fused-ring (bicyclic) bond motifs is 1. The summed E-state index contributed by atoms with van der Waals surface area (Å²) in [4.78, 5) is 13.8. The molecule has 0 saturated heterocycles. The van der Waals surface area contributed by atoms with Gasteiger partial charge in [0.1, 0.15) is 6.61 Å². The first-order chi connectivity index (χ1) is 7.83. The molecule has 0 unspecified atom stereocenters. The van der Waals surface area contributed by atoms with Gasteiger partial charge in [-0.05, 0) is 30.9 Å². The Balaban J connectivity index is 2.28. The van der Waals surface area contributed by atoms with Crippen molar-refractivity contribution < 1.29 is 9.53 Å². The number of hydrogen-bond donors (Lipinski definition) is 0. The molecule has 0 aliphatic carbocycles. The van der Waals surface area contributed by atoms with E-state index in [0.29, 0.717) is 0 Å². The Morgan fingerprint density at radius 3 is 3.00 bits per heavy atom. The van der Waals surface area contributed by atoms with E-state index in [1.165, 1.54) is 5.56 Å². The molecule has 0 atom stereocenters. The molecule has 0 spiro atoms. The van der Waals surface area contributed by atoms with Crippen molar-refractivity contribution in [3.8, 4) is 0 Å². The maximum atomic E-state index is 11.9. The first-order valence-corrected chi connectivity index (χ1v) is 5.70. The molecule has 2 rings (SSSR count). The van der Waals surface area contributed by atoms with Crippen LogP contribution in [0.4, 0.5) is 5.69 Å². The van der Waals surface area contributed by atoms with Gasteiger partial charge in [0.05, 0.1) is 0 Å². The monoisotopic (exact) mass is 219 g/mol. The van der Waals surface area contributed by atoms with Gasteiger partial charge in [-0.2, -0.15) is 0 Å². The molecule has 3 heteroatoms. The smallest absolute Gasteiger partial charge is 0.252 e. The van der Waals surface area contributed by atoms with E-state index in [-0.39, 0.29) is 12.5 Å². The average Bonchev–Trinajstić information content (AvgIpc) is 2.51. The second kappa shape index (κ2) is 5.12. The molecule has 0 N–H and O–H groups in total. The van der Waals surface area contributed by atoms with Gasteiger partial charge in [0.15, 0.2) is 0 Å². The van der Waals surface area contributed by atoms with Gasteiger partial charge in [-0.15, -0.1) is 0 Å². The molecule has 1 aliphatic heterocycles. The predicted octanol–water partition coefficient (Wildman–Crippen LogP) is 2.00. The number of methoxy groups -OCH3 is 1. The van der Waals surface area contributed by atoms with E-state index in [1.807, 2.05) is 23.1 Å². The van der Waals surface area contributed by atoms with E-state index in [1.54, 1.807) is 7.11 Å². The summed E-state index contributed by atoms with van der Waals surface area (Å²) >= 11 is 0. The average molecular weight is 219 g/mol.